The number of nitrogens with two attached hydrogens (primary N) is 1. The van der Waals surface area contributed by atoms with E-state index in [9.17, 15) is 0 Å². The van der Waals surface area contributed by atoms with E-state index < -0.39 is 0 Å². The van der Waals surface area contributed by atoms with Gasteiger partial charge in [0.1, 0.15) is 0 Å². The van der Waals surface area contributed by atoms with Gasteiger partial charge in [-0.25, -0.2) is 0 Å². The molecule has 1 saturated heterocycles. The van der Waals surface area contributed by atoms with Gasteiger partial charge in [-0.05, 0) is 27.2 Å². The number of aliphatic hydroxyl groups is 1. The van der Waals surface area contributed by atoms with Crippen LogP contribution in [-0.4, -0.2) is 40.8 Å². The lowest BCUT2D eigenvalue weighted by Crippen LogP contribution is -2.46. The molecular formula is C9H20N2O. The van der Waals surface area contributed by atoms with Gasteiger partial charge in [0.15, 0.2) is 0 Å². The third kappa shape index (κ3) is 1.97. The molecule has 0 spiro atoms. The highest BCUT2D eigenvalue weighted by Crippen LogP contribution is 2.25. The van der Waals surface area contributed by atoms with Crippen LogP contribution in [0.15, 0.2) is 0 Å². The Bertz CT molecular complexity index is 153. The largest absolute Gasteiger partial charge is 0.395 e. The third-order valence-corrected chi connectivity index (χ3v) is 2.52. The molecule has 0 aliphatic carbocycles. The Balaban J connectivity index is 2.64. The fourth-order valence-electron chi connectivity index (χ4n) is 1.95. The first-order valence-corrected chi connectivity index (χ1v) is 4.58. The van der Waals surface area contributed by atoms with E-state index in [1.54, 1.807) is 0 Å². The van der Waals surface area contributed by atoms with Gasteiger partial charge in [-0.3, -0.25) is 4.90 Å². The van der Waals surface area contributed by atoms with E-state index in [2.05, 4.69) is 25.7 Å². The van der Waals surface area contributed by atoms with Crippen molar-refractivity contribution >= 4 is 0 Å². The highest BCUT2D eigenvalue weighted by atomic mass is 16.3. The molecule has 2 atom stereocenters. The molecule has 1 heterocycles. The van der Waals surface area contributed by atoms with Crippen LogP contribution < -0.4 is 5.73 Å². The van der Waals surface area contributed by atoms with E-state index in [-0.39, 0.29) is 24.2 Å². The van der Waals surface area contributed by atoms with E-state index in [0.717, 1.165) is 13.0 Å². The molecule has 0 bridgehead atoms. The van der Waals surface area contributed by atoms with Gasteiger partial charge in [0.2, 0.25) is 0 Å². The van der Waals surface area contributed by atoms with Gasteiger partial charge in [0, 0.05) is 24.2 Å². The second-order valence-electron chi connectivity index (χ2n) is 4.66. The second-order valence-corrected chi connectivity index (χ2v) is 4.66. The zero-order valence-corrected chi connectivity index (χ0v) is 8.25. The van der Waals surface area contributed by atoms with E-state index >= 15 is 0 Å². The maximum absolute atomic E-state index is 9.12. The molecule has 1 rings (SSSR count). The monoisotopic (exact) mass is 172 g/mol. The molecule has 0 radical (unpaired) electrons. The van der Waals surface area contributed by atoms with Crippen LogP contribution in [-0.2, 0) is 0 Å². The number of hydrogen-bond acceptors (Lipinski definition) is 3. The number of hydrogen-bond donors (Lipinski definition) is 2. The molecule has 1 aliphatic rings. The van der Waals surface area contributed by atoms with Gasteiger partial charge in [-0.1, -0.05) is 0 Å². The summed E-state index contributed by atoms with van der Waals surface area (Å²) in [6.07, 6.45) is 0.924. The predicted molar refractivity (Wildman–Crippen MR) is 49.9 cm³/mol. The molecule has 0 saturated carbocycles. The van der Waals surface area contributed by atoms with Gasteiger partial charge in [-0.2, -0.15) is 0 Å². The first kappa shape index (κ1) is 9.96. The molecule has 0 aromatic carbocycles. The standard InChI is InChI=1S/C9H20N2O/c1-9(2,3)11-5-7(10)4-8(11)6-12/h7-8,12H,4-6,10H2,1-3H3. The van der Waals surface area contributed by atoms with Gasteiger partial charge in [0.05, 0.1) is 6.61 Å². The van der Waals surface area contributed by atoms with Gasteiger partial charge < -0.3 is 10.8 Å². The van der Waals surface area contributed by atoms with E-state index in [0.29, 0.717) is 0 Å². The predicted octanol–water partition coefficient (Wildman–Crippen LogP) is 0.179. The maximum atomic E-state index is 9.12. The van der Waals surface area contributed by atoms with Crippen molar-refractivity contribution < 1.29 is 5.11 Å². The van der Waals surface area contributed by atoms with E-state index in [1.165, 1.54) is 0 Å². The summed E-state index contributed by atoms with van der Waals surface area (Å²) in [5, 5.41) is 9.12. The van der Waals surface area contributed by atoms with E-state index in [1.807, 2.05) is 0 Å². The average Bonchev–Trinajstić information content (AvgIpc) is 2.29. The minimum absolute atomic E-state index is 0.127. The Morgan fingerprint density at radius 2 is 2.08 bits per heavy atom. The summed E-state index contributed by atoms with van der Waals surface area (Å²) in [4.78, 5) is 2.29. The van der Waals surface area contributed by atoms with Gasteiger partial charge >= 0.3 is 0 Å². The molecule has 3 nitrogen and oxygen atoms in total. The van der Waals surface area contributed by atoms with Crippen LogP contribution in [0.4, 0.5) is 0 Å². The fourth-order valence-corrected chi connectivity index (χ4v) is 1.95. The number of nitrogens with zero attached hydrogens (tertiary/aromatic N) is 1. The van der Waals surface area contributed by atoms with Crippen LogP contribution in [0.3, 0.4) is 0 Å². The molecular weight excluding hydrogens is 152 g/mol. The molecule has 72 valence electrons. The summed E-state index contributed by atoms with van der Waals surface area (Å²) in [6.45, 7) is 7.62. The zero-order valence-electron chi connectivity index (χ0n) is 8.25. The van der Waals surface area contributed by atoms with Crippen molar-refractivity contribution in [3.05, 3.63) is 0 Å². The summed E-state index contributed by atoms with van der Waals surface area (Å²) in [6, 6.07) is 0.501. The van der Waals surface area contributed by atoms with Crippen LogP contribution in [0.2, 0.25) is 0 Å². The smallest absolute Gasteiger partial charge is 0.0587 e. The lowest BCUT2D eigenvalue weighted by Gasteiger charge is -2.36. The molecule has 1 aliphatic heterocycles. The summed E-state index contributed by atoms with van der Waals surface area (Å²) in [5.41, 5.74) is 5.96. The van der Waals surface area contributed by atoms with Crippen molar-refractivity contribution in [2.75, 3.05) is 13.2 Å². The highest BCUT2D eigenvalue weighted by Gasteiger charge is 2.35. The van der Waals surface area contributed by atoms with Crippen LogP contribution in [0.1, 0.15) is 27.2 Å². The minimum Gasteiger partial charge on any atom is -0.395 e. The number of rotatable bonds is 1. The van der Waals surface area contributed by atoms with E-state index in [4.69, 9.17) is 10.8 Å². The molecule has 0 amide bonds. The lowest BCUT2D eigenvalue weighted by atomic mass is 10.1. The first-order chi connectivity index (χ1) is 5.45. The quantitative estimate of drug-likeness (QED) is 0.593. The Kier molecular flexibility index (Phi) is 2.76. The summed E-state index contributed by atoms with van der Waals surface area (Å²) < 4.78 is 0. The highest BCUT2D eigenvalue weighted by molar-refractivity contribution is 4.93. The normalized spacial score (nSPS) is 32.8. The Hall–Kier alpha value is -0.120. The van der Waals surface area contributed by atoms with Gasteiger partial charge in [-0.15, -0.1) is 0 Å². The fraction of sp³-hybridized carbons (Fsp3) is 1.00. The van der Waals surface area contributed by atoms with Crippen molar-refractivity contribution in [3.8, 4) is 0 Å². The summed E-state index contributed by atoms with van der Waals surface area (Å²) in [7, 11) is 0. The SMILES string of the molecule is CC(C)(C)N1CC(N)CC1CO. The van der Waals surface area contributed by atoms with Crippen molar-refractivity contribution in [2.45, 2.75) is 44.8 Å². The number of aliphatic hydroxyl groups excluding tert-OH is 1. The molecule has 3 heteroatoms. The topological polar surface area (TPSA) is 49.5 Å². The average molecular weight is 172 g/mol. The van der Waals surface area contributed by atoms with Crippen LogP contribution in [0.5, 0.6) is 0 Å². The second kappa shape index (κ2) is 3.32. The lowest BCUT2D eigenvalue weighted by molar-refractivity contribution is 0.0800. The van der Waals surface area contributed by atoms with Crippen molar-refractivity contribution in [2.24, 2.45) is 5.73 Å². The Labute approximate surface area is 74.5 Å². The molecule has 2 unspecified atom stereocenters. The molecule has 0 aromatic heterocycles. The van der Waals surface area contributed by atoms with Crippen LogP contribution in [0.25, 0.3) is 0 Å². The molecule has 3 N–H and O–H groups in total. The van der Waals surface area contributed by atoms with Crippen molar-refractivity contribution in [3.63, 3.8) is 0 Å². The van der Waals surface area contributed by atoms with Crippen molar-refractivity contribution in [1.82, 2.24) is 4.90 Å². The maximum Gasteiger partial charge on any atom is 0.0587 e. The third-order valence-electron chi connectivity index (χ3n) is 2.52. The Morgan fingerprint density at radius 1 is 1.50 bits per heavy atom. The minimum atomic E-state index is 0.127. The van der Waals surface area contributed by atoms with Gasteiger partial charge in [0.25, 0.3) is 0 Å². The number of likely N-dealkylation sites (tertiary alicyclic amines) is 1. The first-order valence-electron chi connectivity index (χ1n) is 4.58. The summed E-state index contributed by atoms with van der Waals surface area (Å²) >= 11 is 0. The molecule has 1 fully saturated rings. The zero-order chi connectivity index (χ0) is 9.35. The Morgan fingerprint density at radius 3 is 2.42 bits per heavy atom. The molecule has 0 aromatic rings. The summed E-state index contributed by atoms with van der Waals surface area (Å²) in [5.74, 6) is 0. The molecule has 12 heavy (non-hydrogen) atoms. The van der Waals surface area contributed by atoms with Crippen LogP contribution >= 0.6 is 0 Å². The van der Waals surface area contributed by atoms with Crippen LogP contribution in [0, 0.1) is 0 Å². The van der Waals surface area contributed by atoms with Crippen molar-refractivity contribution in [1.29, 1.82) is 0 Å².